The minimum Gasteiger partial charge on any atom is -0.229 e. The van der Waals surface area contributed by atoms with Crippen LogP contribution in [0.25, 0.3) is 0 Å². The lowest BCUT2D eigenvalue weighted by Crippen LogP contribution is -2.20. The summed E-state index contributed by atoms with van der Waals surface area (Å²) in [5.41, 5.74) is 0. The lowest BCUT2D eigenvalue weighted by atomic mass is 9.87. The van der Waals surface area contributed by atoms with Crippen LogP contribution in [0.4, 0.5) is 0 Å². The molecule has 0 atom stereocenters. The quantitative estimate of drug-likeness (QED) is 0.626. The van der Waals surface area contributed by atoms with Crippen LogP contribution >= 0.6 is 0 Å². The maximum atomic E-state index is 10.6. The zero-order valence-electron chi connectivity index (χ0n) is 5.63. The summed E-state index contributed by atoms with van der Waals surface area (Å²) in [5.74, 6) is 0.896. The zero-order valence-corrected chi connectivity index (χ0v) is 6.45. The Kier molecular flexibility index (Phi) is 3.36. The molecule has 0 spiro atoms. The van der Waals surface area contributed by atoms with Gasteiger partial charge in [0.1, 0.15) is 9.84 Å². The van der Waals surface area contributed by atoms with E-state index >= 15 is 0 Å². The summed E-state index contributed by atoms with van der Waals surface area (Å²) >= 11 is 0. The maximum Gasteiger partial charge on any atom is 0.147 e. The maximum absolute atomic E-state index is 10.6. The molecule has 10 heavy (non-hydrogen) atoms. The standard InChI is InChI=1S/C6H12O2S.CH4.H2/c1-9(7,8)5-6-3-2-4-6;;/h6H,2-5H2,1H3;1H4;1H. The molecule has 0 saturated heterocycles. The topological polar surface area (TPSA) is 34.1 Å². The van der Waals surface area contributed by atoms with E-state index in [2.05, 4.69) is 0 Å². The van der Waals surface area contributed by atoms with Crippen LogP contribution in [0.2, 0.25) is 0 Å². The van der Waals surface area contributed by atoms with E-state index in [0.717, 1.165) is 12.8 Å². The molecule has 0 N–H and O–H groups in total. The highest BCUT2D eigenvalue weighted by atomic mass is 32.2. The first kappa shape index (κ1) is 9.95. The van der Waals surface area contributed by atoms with Gasteiger partial charge < -0.3 is 0 Å². The third-order valence-electron chi connectivity index (χ3n) is 1.76. The van der Waals surface area contributed by atoms with Crippen molar-refractivity contribution in [2.75, 3.05) is 12.0 Å². The molecule has 0 bridgehead atoms. The van der Waals surface area contributed by atoms with Gasteiger partial charge >= 0.3 is 0 Å². The Balaban J connectivity index is 0. The second-order valence-electron chi connectivity index (χ2n) is 2.89. The van der Waals surface area contributed by atoms with Crippen molar-refractivity contribution >= 4 is 9.84 Å². The van der Waals surface area contributed by atoms with Gasteiger partial charge in [-0.1, -0.05) is 13.8 Å². The molecule has 0 aliphatic heterocycles. The van der Waals surface area contributed by atoms with Crippen molar-refractivity contribution in [2.24, 2.45) is 5.92 Å². The normalized spacial score (nSPS) is 19.3. The predicted octanol–water partition coefficient (Wildman–Crippen LogP) is 1.71. The van der Waals surface area contributed by atoms with Gasteiger partial charge in [0.05, 0.1) is 5.75 Å². The highest BCUT2D eigenvalue weighted by Crippen LogP contribution is 2.27. The van der Waals surface area contributed by atoms with Gasteiger partial charge in [0.15, 0.2) is 0 Å². The van der Waals surface area contributed by atoms with Crippen molar-refractivity contribution < 1.29 is 9.84 Å². The van der Waals surface area contributed by atoms with Crippen molar-refractivity contribution in [3.8, 4) is 0 Å². The summed E-state index contributed by atoms with van der Waals surface area (Å²) in [6.07, 6.45) is 4.77. The molecule has 0 amide bonds. The van der Waals surface area contributed by atoms with E-state index in [1.165, 1.54) is 12.7 Å². The highest BCUT2D eigenvalue weighted by Gasteiger charge is 2.21. The van der Waals surface area contributed by atoms with Gasteiger partial charge in [-0.25, -0.2) is 8.42 Å². The molecular formula is C7H18O2S. The monoisotopic (exact) mass is 166 g/mol. The third kappa shape index (κ3) is 3.20. The minimum atomic E-state index is -2.68. The molecule has 0 heterocycles. The van der Waals surface area contributed by atoms with Crippen LogP contribution in [0.15, 0.2) is 0 Å². The van der Waals surface area contributed by atoms with Crippen molar-refractivity contribution in [2.45, 2.75) is 26.7 Å². The Morgan fingerprint density at radius 3 is 2.10 bits per heavy atom. The first-order valence-corrected chi connectivity index (χ1v) is 5.32. The van der Waals surface area contributed by atoms with Crippen LogP contribution in [0.3, 0.4) is 0 Å². The van der Waals surface area contributed by atoms with Gasteiger partial charge in [0.25, 0.3) is 0 Å². The van der Waals surface area contributed by atoms with Crippen LogP contribution in [-0.4, -0.2) is 20.4 Å². The number of hydrogen-bond acceptors (Lipinski definition) is 2. The molecule has 0 aromatic rings. The molecule has 0 aromatic carbocycles. The average molecular weight is 166 g/mol. The van der Waals surface area contributed by atoms with Gasteiger partial charge in [-0.2, -0.15) is 0 Å². The van der Waals surface area contributed by atoms with Crippen LogP contribution in [0.5, 0.6) is 0 Å². The number of hydrogen-bond donors (Lipinski definition) is 0. The van der Waals surface area contributed by atoms with Crippen LogP contribution < -0.4 is 0 Å². The fourth-order valence-electron chi connectivity index (χ4n) is 1.09. The van der Waals surface area contributed by atoms with E-state index in [1.54, 1.807) is 0 Å². The SMILES string of the molecule is C.CS(=O)(=O)CC1CCC1.[HH]. The van der Waals surface area contributed by atoms with E-state index in [0.29, 0.717) is 11.7 Å². The summed E-state index contributed by atoms with van der Waals surface area (Å²) in [4.78, 5) is 0. The van der Waals surface area contributed by atoms with E-state index in [-0.39, 0.29) is 8.85 Å². The highest BCUT2D eigenvalue weighted by molar-refractivity contribution is 7.90. The van der Waals surface area contributed by atoms with Crippen LogP contribution in [0, 0.1) is 5.92 Å². The van der Waals surface area contributed by atoms with E-state index in [4.69, 9.17) is 0 Å². The second kappa shape index (κ2) is 3.37. The average Bonchev–Trinajstić information content (AvgIpc) is 1.53. The lowest BCUT2D eigenvalue weighted by Gasteiger charge is -2.23. The summed E-state index contributed by atoms with van der Waals surface area (Å²) in [7, 11) is -2.68. The Hall–Kier alpha value is -0.0500. The molecule has 2 nitrogen and oxygen atoms in total. The Labute approximate surface area is 65.0 Å². The van der Waals surface area contributed by atoms with Gasteiger partial charge in [-0.15, -0.1) is 0 Å². The molecule has 1 saturated carbocycles. The molecule has 1 aliphatic carbocycles. The fourth-order valence-corrected chi connectivity index (χ4v) is 2.28. The smallest absolute Gasteiger partial charge is 0.147 e. The zero-order chi connectivity index (χ0) is 6.91. The van der Waals surface area contributed by atoms with Crippen molar-refractivity contribution in [3.63, 3.8) is 0 Å². The Bertz CT molecular complexity index is 183. The lowest BCUT2D eigenvalue weighted by molar-refractivity contribution is 0.347. The molecule has 0 radical (unpaired) electrons. The summed E-state index contributed by atoms with van der Waals surface area (Å²) in [6, 6.07) is 0. The van der Waals surface area contributed by atoms with E-state index in [9.17, 15) is 8.42 Å². The van der Waals surface area contributed by atoms with Crippen molar-refractivity contribution in [1.29, 1.82) is 0 Å². The number of rotatable bonds is 2. The van der Waals surface area contributed by atoms with E-state index < -0.39 is 9.84 Å². The van der Waals surface area contributed by atoms with Gasteiger partial charge in [-0.3, -0.25) is 0 Å². The fraction of sp³-hybridized carbons (Fsp3) is 1.00. The first-order chi connectivity index (χ1) is 4.08. The van der Waals surface area contributed by atoms with Crippen molar-refractivity contribution in [1.82, 2.24) is 0 Å². The summed E-state index contributed by atoms with van der Waals surface area (Å²) in [5, 5.41) is 0. The molecule has 1 aliphatic rings. The summed E-state index contributed by atoms with van der Waals surface area (Å²) in [6.45, 7) is 0. The molecule has 0 unspecified atom stereocenters. The van der Waals surface area contributed by atoms with Crippen LogP contribution in [0.1, 0.15) is 28.1 Å². The molecule has 1 fully saturated rings. The largest absolute Gasteiger partial charge is 0.229 e. The Morgan fingerprint density at radius 2 is 2.00 bits per heavy atom. The number of sulfone groups is 1. The van der Waals surface area contributed by atoms with Gasteiger partial charge in [-0.05, 0) is 18.8 Å². The molecule has 1 rings (SSSR count). The molecule has 64 valence electrons. The second-order valence-corrected chi connectivity index (χ2v) is 5.07. The molecular weight excluding hydrogens is 148 g/mol. The van der Waals surface area contributed by atoms with Gasteiger partial charge in [0.2, 0.25) is 0 Å². The van der Waals surface area contributed by atoms with E-state index in [1.807, 2.05) is 0 Å². The van der Waals surface area contributed by atoms with Gasteiger partial charge in [0, 0.05) is 7.68 Å². The molecule has 0 aromatic heterocycles. The third-order valence-corrected chi connectivity index (χ3v) is 2.84. The molecule has 3 heteroatoms. The first-order valence-electron chi connectivity index (χ1n) is 3.26. The van der Waals surface area contributed by atoms with Crippen molar-refractivity contribution in [3.05, 3.63) is 0 Å². The predicted molar refractivity (Wildman–Crippen MR) is 45.9 cm³/mol. The Morgan fingerprint density at radius 1 is 1.50 bits per heavy atom. The summed E-state index contributed by atoms with van der Waals surface area (Å²) < 4.78 is 21.3. The van der Waals surface area contributed by atoms with Crippen LogP contribution in [-0.2, 0) is 9.84 Å². The minimum absolute atomic E-state index is 0.